The number of rotatable bonds is 3. The molecule has 76 valence electrons. The van der Waals surface area contributed by atoms with Crippen LogP contribution in [0.15, 0.2) is 28.7 Å². The largest absolute Gasteiger partial charge is 0.205 e. The maximum atomic E-state index is 13.6. The Morgan fingerprint density at radius 2 is 2.29 bits per heavy atom. The van der Waals surface area contributed by atoms with Gasteiger partial charge in [-0.25, -0.2) is 4.39 Å². The molecule has 0 unspecified atom stereocenters. The SMILES string of the molecule is C/C(=C/CCCl)c1cccc(Br)c1F. The molecule has 0 spiro atoms. The summed E-state index contributed by atoms with van der Waals surface area (Å²) in [5.41, 5.74) is 1.55. The zero-order valence-electron chi connectivity index (χ0n) is 7.86. The van der Waals surface area contributed by atoms with Gasteiger partial charge in [0.05, 0.1) is 4.47 Å². The van der Waals surface area contributed by atoms with Crippen LogP contribution < -0.4 is 0 Å². The summed E-state index contributed by atoms with van der Waals surface area (Å²) in [6, 6.07) is 5.27. The molecule has 0 aliphatic carbocycles. The predicted octanol–water partition coefficient (Wildman–Crippen LogP) is 4.62. The Labute approximate surface area is 96.9 Å². The number of halogens is 3. The summed E-state index contributed by atoms with van der Waals surface area (Å²) in [7, 11) is 0. The average Bonchev–Trinajstić information content (AvgIpc) is 2.18. The van der Waals surface area contributed by atoms with Crippen LogP contribution in [-0.2, 0) is 0 Å². The maximum absolute atomic E-state index is 13.6. The van der Waals surface area contributed by atoms with Crippen molar-refractivity contribution in [3.8, 4) is 0 Å². The van der Waals surface area contributed by atoms with Crippen molar-refractivity contribution in [1.29, 1.82) is 0 Å². The van der Waals surface area contributed by atoms with Crippen molar-refractivity contribution in [1.82, 2.24) is 0 Å². The Bertz CT molecular complexity index is 347. The fraction of sp³-hybridized carbons (Fsp3) is 0.273. The van der Waals surface area contributed by atoms with Gasteiger partial charge in [0.1, 0.15) is 5.82 Å². The lowest BCUT2D eigenvalue weighted by Crippen LogP contribution is -1.88. The highest BCUT2D eigenvalue weighted by Crippen LogP contribution is 2.24. The first kappa shape index (κ1) is 11.7. The Hall–Kier alpha value is -0.340. The van der Waals surface area contributed by atoms with E-state index in [-0.39, 0.29) is 5.82 Å². The molecule has 0 saturated heterocycles. The fourth-order valence-corrected chi connectivity index (χ4v) is 1.66. The van der Waals surface area contributed by atoms with Gasteiger partial charge in [0.25, 0.3) is 0 Å². The van der Waals surface area contributed by atoms with Crippen LogP contribution >= 0.6 is 27.5 Å². The van der Waals surface area contributed by atoms with Crippen molar-refractivity contribution in [2.75, 3.05) is 5.88 Å². The van der Waals surface area contributed by atoms with Gasteiger partial charge in [0.2, 0.25) is 0 Å². The Morgan fingerprint density at radius 3 is 2.93 bits per heavy atom. The van der Waals surface area contributed by atoms with Gasteiger partial charge in [-0.15, -0.1) is 11.6 Å². The van der Waals surface area contributed by atoms with Gasteiger partial charge in [0, 0.05) is 11.4 Å². The highest BCUT2D eigenvalue weighted by Gasteiger charge is 2.06. The molecule has 0 bridgehead atoms. The van der Waals surface area contributed by atoms with Crippen LogP contribution in [0.2, 0.25) is 0 Å². The molecule has 0 radical (unpaired) electrons. The van der Waals surface area contributed by atoms with E-state index in [2.05, 4.69) is 15.9 Å². The lowest BCUT2D eigenvalue weighted by Gasteiger charge is -2.04. The topological polar surface area (TPSA) is 0 Å². The van der Waals surface area contributed by atoms with E-state index in [4.69, 9.17) is 11.6 Å². The predicted molar refractivity (Wildman–Crippen MR) is 63.1 cm³/mol. The third-order valence-corrected chi connectivity index (χ3v) is 2.77. The van der Waals surface area contributed by atoms with Gasteiger partial charge >= 0.3 is 0 Å². The number of hydrogen-bond acceptors (Lipinski definition) is 0. The number of alkyl halides is 1. The maximum Gasteiger partial charge on any atom is 0.144 e. The number of benzene rings is 1. The van der Waals surface area contributed by atoms with Gasteiger partial charge in [-0.3, -0.25) is 0 Å². The third-order valence-electron chi connectivity index (χ3n) is 1.94. The molecule has 3 heteroatoms. The highest BCUT2D eigenvalue weighted by molar-refractivity contribution is 9.10. The molecule has 1 aromatic rings. The molecule has 1 rings (SSSR count). The zero-order chi connectivity index (χ0) is 10.6. The minimum absolute atomic E-state index is 0.212. The van der Waals surface area contributed by atoms with Gasteiger partial charge in [0.15, 0.2) is 0 Å². The smallest absolute Gasteiger partial charge is 0.144 e. The molecule has 0 N–H and O–H groups in total. The molecule has 0 atom stereocenters. The monoisotopic (exact) mass is 276 g/mol. The summed E-state index contributed by atoms with van der Waals surface area (Å²) in [4.78, 5) is 0. The van der Waals surface area contributed by atoms with Crippen molar-refractivity contribution in [2.24, 2.45) is 0 Å². The average molecular weight is 278 g/mol. The van der Waals surface area contributed by atoms with E-state index in [1.807, 2.05) is 19.1 Å². The molecule has 14 heavy (non-hydrogen) atoms. The first-order chi connectivity index (χ1) is 6.66. The molecule has 1 aromatic carbocycles. The molecule has 0 fully saturated rings. The van der Waals surface area contributed by atoms with Crippen molar-refractivity contribution < 1.29 is 4.39 Å². The van der Waals surface area contributed by atoms with E-state index in [1.165, 1.54) is 0 Å². The van der Waals surface area contributed by atoms with Crippen molar-refractivity contribution >= 4 is 33.1 Å². The van der Waals surface area contributed by atoms with Crippen LogP contribution in [0.5, 0.6) is 0 Å². The van der Waals surface area contributed by atoms with Crippen LogP contribution in [0.3, 0.4) is 0 Å². The van der Waals surface area contributed by atoms with Crippen molar-refractivity contribution in [3.63, 3.8) is 0 Å². The Kier molecular flexibility index (Phi) is 4.63. The van der Waals surface area contributed by atoms with E-state index in [9.17, 15) is 4.39 Å². The second kappa shape index (κ2) is 5.52. The summed E-state index contributed by atoms with van der Waals surface area (Å²) < 4.78 is 14.1. The summed E-state index contributed by atoms with van der Waals surface area (Å²) in [6.45, 7) is 1.89. The van der Waals surface area contributed by atoms with E-state index in [0.29, 0.717) is 15.9 Å². The molecule has 0 amide bonds. The van der Waals surface area contributed by atoms with Gasteiger partial charge < -0.3 is 0 Å². The van der Waals surface area contributed by atoms with Gasteiger partial charge in [-0.05, 0) is 40.9 Å². The molecule has 0 nitrogen and oxygen atoms in total. The third kappa shape index (κ3) is 2.82. The molecule has 0 aliphatic rings. The van der Waals surface area contributed by atoms with Crippen LogP contribution in [0.4, 0.5) is 4.39 Å². The van der Waals surface area contributed by atoms with Crippen LogP contribution in [-0.4, -0.2) is 5.88 Å². The summed E-state index contributed by atoms with van der Waals surface area (Å²) >= 11 is 8.71. The Balaban J connectivity index is 3.01. The number of allylic oxidation sites excluding steroid dienone is 2. The van der Waals surface area contributed by atoms with Crippen LogP contribution in [0.1, 0.15) is 18.9 Å². The van der Waals surface area contributed by atoms with Crippen molar-refractivity contribution in [2.45, 2.75) is 13.3 Å². The standard InChI is InChI=1S/C11H11BrClF/c1-8(4-3-7-13)9-5-2-6-10(12)11(9)14/h2,4-6H,3,7H2,1H3/b8-4-. The van der Waals surface area contributed by atoms with Crippen molar-refractivity contribution in [3.05, 3.63) is 40.1 Å². The van der Waals surface area contributed by atoms with Crippen LogP contribution in [0.25, 0.3) is 5.57 Å². The highest BCUT2D eigenvalue weighted by atomic mass is 79.9. The minimum atomic E-state index is -0.212. The molecular formula is C11H11BrClF. The van der Waals surface area contributed by atoms with Crippen LogP contribution in [0, 0.1) is 5.82 Å². The summed E-state index contributed by atoms with van der Waals surface area (Å²) in [5.74, 6) is 0.350. The number of hydrogen-bond donors (Lipinski definition) is 0. The normalized spacial score (nSPS) is 11.9. The van der Waals surface area contributed by atoms with E-state index in [0.717, 1.165) is 12.0 Å². The molecular weight excluding hydrogens is 266 g/mol. The second-order valence-electron chi connectivity index (χ2n) is 2.97. The van der Waals surface area contributed by atoms with E-state index >= 15 is 0 Å². The lowest BCUT2D eigenvalue weighted by molar-refractivity contribution is 0.617. The molecule has 0 aromatic heterocycles. The first-order valence-electron chi connectivity index (χ1n) is 4.34. The van der Waals surface area contributed by atoms with E-state index < -0.39 is 0 Å². The fourth-order valence-electron chi connectivity index (χ4n) is 1.19. The molecule has 0 aliphatic heterocycles. The summed E-state index contributed by atoms with van der Waals surface area (Å²) in [5, 5.41) is 0. The Morgan fingerprint density at radius 1 is 1.57 bits per heavy atom. The molecule has 0 heterocycles. The lowest BCUT2D eigenvalue weighted by atomic mass is 10.1. The van der Waals surface area contributed by atoms with Gasteiger partial charge in [-0.1, -0.05) is 18.2 Å². The minimum Gasteiger partial charge on any atom is -0.205 e. The first-order valence-corrected chi connectivity index (χ1v) is 5.66. The quantitative estimate of drug-likeness (QED) is 0.707. The molecule has 0 saturated carbocycles. The summed E-state index contributed by atoms with van der Waals surface area (Å²) in [6.07, 6.45) is 2.71. The zero-order valence-corrected chi connectivity index (χ0v) is 10.2. The second-order valence-corrected chi connectivity index (χ2v) is 4.20. The van der Waals surface area contributed by atoms with E-state index in [1.54, 1.807) is 12.1 Å². The van der Waals surface area contributed by atoms with Gasteiger partial charge in [-0.2, -0.15) is 0 Å².